The highest BCUT2D eigenvalue weighted by molar-refractivity contribution is 5.57. The molecule has 0 spiro atoms. The summed E-state index contributed by atoms with van der Waals surface area (Å²) in [6.45, 7) is 6.20. The van der Waals surface area contributed by atoms with Crippen molar-refractivity contribution in [2.75, 3.05) is 13.1 Å². The van der Waals surface area contributed by atoms with E-state index in [1.807, 2.05) is 13.0 Å². The van der Waals surface area contributed by atoms with Gasteiger partial charge in [0, 0.05) is 23.6 Å². The van der Waals surface area contributed by atoms with Crippen LogP contribution < -0.4 is 0 Å². The van der Waals surface area contributed by atoms with Crippen molar-refractivity contribution in [3.8, 4) is 11.5 Å². The van der Waals surface area contributed by atoms with Crippen LogP contribution in [0.5, 0.6) is 11.5 Å². The number of hydrogen-bond acceptors (Lipinski definition) is 4. The van der Waals surface area contributed by atoms with E-state index in [-0.39, 0.29) is 17.5 Å². The van der Waals surface area contributed by atoms with E-state index < -0.39 is 11.0 Å². The van der Waals surface area contributed by atoms with Crippen LogP contribution >= 0.6 is 0 Å². The van der Waals surface area contributed by atoms with Gasteiger partial charge in [-0.25, -0.2) is 0 Å². The van der Waals surface area contributed by atoms with Crippen LogP contribution in [0.1, 0.15) is 69.9 Å². The van der Waals surface area contributed by atoms with Gasteiger partial charge in [-0.15, -0.1) is 0 Å². The maximum absolute atomic E-state index is 11.8. The first-order chi connectivity index (χ1) is 12.4. The van der Waals surface area contributed by atoms with Crippen molar-refractivity contribution in [3.05, 3.63) is 23.3 Å². The molecule has 2 aliphatic carbocycles. The zero-order chi connectivity index (χ0) is 18.5. The Kier molecular flexibility index (Phi) is 4.47. The number of fused-ring (bicyclic) bond motifs is 4. The third-order valence-corrected chi connectivity index (χ3v) is 7.69. The topological polar surface area (TPSA) is 63.9 Å². The summed E-state index contributed by atoms with van der Waals surface area (Å²) >= 11 is 0. The van der Waals surface area contributed by atoms with Crippen LogP contribution in [-0.4, -0.2) is 45.0 Å². The summed E-state index contributed by atoms with van der Waals surface area (Å²) in [5, 5.41) is 32.7. The molecule has 2 fully saturated rings. The van der Waals surface area contributed by atoms with Crippen molar-refractivity contribution in [1.29, 1.82) is 0 Å². The summed E-state index contributed by atoms with van der Waals surface area (Å²) in [6, 6.07) is 3.65. The Bertz CT molecular complexity index is 682. The molecule has 4 rings (SSSR count). The zero-order valence-electron chi connectivity index (χ0n) is 16.2. The van der Waals surface area contributed by atoms with Gasteiger partial charge in [-0.2, -0.15) is 0 Å². The zero-order valence-corrected chi connectivity index (χ0v) is 16.2. The van der Waals surface area contributed by atoms with Gasteiger partial charge in [-0.1, -0.05) is 32.3 Å². The SMILES string of the molecule is CCCC[C@]12CCN(CC3CCC3)[C@H](Cc3ccc(O)c(O)c31)[C@@]2(C)O. The predicted octanol–water partition coefficient (Wildman–Crippen LogP) is 3.71. The quantitative estimate of drug-likeness (QED) is 0.701. The van der Waals surface area contributed by atoms with Crippen LogP contribution in [-0.2, 0) is 11.8 Å². The molecule has 1 saturated carbocycles. The molecular formula is C22H33NO3. The molecule has 26 heavy (non-hydrogen) atoms. The van der Waals surface area contributed by atoms with Crippen molar-refractivity contribution in [3.63, 3.8) is 0 Å². The number of phenols is 2. The average Bonchev–Trinajstić information content (AvgIpc) is 2.55. The third-order valence-electron chi connectivity index (χ3n) is 7.69. The van der Waals surface area contributed by atoms with Crippen LogP contribution in [0.15, 0.2) is 12.1 Å². The van der Waals surface area contributed by atoms with E-state index in [1.165, 1.54) is 19.3 Å². The minimum atomic E-state index is -0.900. The van der Waals surface area contributed by atoms with Gasteiger partial charge in [0.2, 0.25) is 0 Å². The lowest BCUT2D eigenvalue weighted by Gasteiger charge is -2.61. The summed E-state index contributed by atoms with van der Waals surface area (Å²) < 4.78 is 0. The number of phenolic OH excluding ortho intramolecular Hbond substituents is 2. The molecule has 0 unspecified atom stereocenters. The minimum Gasteiger partial charge on any atom is -0.504 e. The molecular weight excluding hydrogens is 326 g/mol. The standard InChI is InChI=1S/C22H33NO3/c1-3-4-10-22-11-12-23(14-15-6-5-7-15)18(21(22,2)26)13-16-8-9-17(24)20(25)19(16)22/h8-9,15,18,24-26H,3-7,10-14H2,1-2H3/t18-,21-,22+/m1/s1. The smallest absolute Gasteiger partial charge is 0.161 e. The van der Waals surface area contributed by atoms with Crippen LogP contribution in [0.2, 0.25) is 0 Å². The first-order valence-corrected chi connectivity index (χ1v) is 10.4. The molecule has 1 aromatic rings. The van der Waals surface area contributed by atoms with Gasteiger partial charge in [0.05, 0.1) is 5.60 Å². The van der Waals surface area contributed by atoms with E-state index >= 15 is 0 Å². The number of likely N-dealkylation sites (tertiary alicyclic amines) is 1. The Balaban J connectivity index is 1.78. The van der Waals surface area contributed by atoms with Crippen LogP contribution in [0.4, 0.5) is 0 Å². The van der Waals surface area contributed by atoms with E-state index in [0.29, 0.717) is 0 Å². The van der Waals surface area contributed by atoms with Crippen LogP contribution in [0, 0.1) is 5.92 Å². The molecule has 3 N–H and O–H groups in total. The maximum Gasteiger partial charge on any atom is 0.161 e. The molecule has 1 saturated heterocycles. The lowest BCUT2D eigenvalue weighted by Crippen LogP contribution is -2.70. The Morgan fingerprint density at radius 2 is 2.00 bits per heavy atom. The first kappa shape index (κ1) is 18.1. The molecule has 0 radical (unpaired) electrons. The molecule has 1 aliphatic heterocycles. The third kappa shape index (κ3) is 2.49. The van der Waals surface area contributed by atoms with Crippen molar-refractivity contribution in [2.45, 2.75) is 82.3 Å². The van der Waals surface area contributed by atoms with E-state index in [0.717, 1.165) is 62.2 Å². The number of piperidine rings is 1. The van der Waals surface area contributed by atoms with Crippen LogP contribution in [0.3, 0.4) is 0 Å². The molecule has 144 valence electrons. The van der Waals surface area contributed by atoms with E-state index in [2.05, 4.69) is 11.8 Å². The van der Waals surface area contributed by atoms with Crippen molar-refractivity contribution >= 4 is 0 Å². The van der Waals surface area contributed by atoms with E-state index in [9.17, 15) is 15.3 Å². The summed E-state index contributed by atoms with van der Waals surface area (Å²) in [4.78, 5) is 2.51. The fourth-order valence-electron chi connectivity index (χ4n) is 5.87. The van der Waals surface area contributed by atoms with E-state index in [1.54, 1.807) is 6.07 Å². The second kappa shape index (κ2) is 6.42. The molecule has 1 heterocycles. The lowest BCUT2D eigenvalue weighted by atomic mass is 9.53. The summed E-state index contributed by atoms with van der Waals surface area (Å²) in [6.07, 6.45) is 8.49. The number of rotatable bonds is 5. The molecule has 3 aliphatic rings. The van der Waals surface area contributed by atoms with Crippen molar-refractivity contribution < 1.29 is 15.3 Å². The van der Waals surface area contributed by atoms with E-state index in [4.69, 9.17) is 0 Å². The number of unbranched alkanes of at least 4 members (excludes halogenated alkanes) is 1. The Hall–Kier alpha value is -1.26. The molecule has 0 amide bonds. The Labute approximate surface area is 156 Å². The van der Waals surface area contributed by atoms with Gasteiger partial charge in [0.15, 0.2) is 11.5 Å². The van der Waals surface area contributed by atoms with Gasteiger partial charge >= 0.3 is 0 Å². The minimum absolute atomic E-state index is 0.00947. The number of aliphatic hydroxyl groups is 1. The molecule has 3 atom stereocenters. The largest absolute Gasteiger partial charge is 0.504 e. The number of nitrogens with zero attached hydrogens (tertiary/aromatic N) is 1. The van der Waals surface area contributed by atoms with Crippen LogP contribution in [0.25, 0.3) is 0 Å². The van der Waals surface area contributed by atoms with Gasteiger partial charge in [0.25, 0.3) is 0 Å². The summed E-state index contributed by atoms with van der Waals surface area (Å²) in [5.74, 6) is 0.708. The molecule has 0 aromatic heterocycles. The fourth-order valence-corrected chi connectivity index (χ4v) is 5.87. The number of benzene rings is 1. The lowest BCUT2D eigenvalue weighted by molar-refractivity contribution is -0.142. The second-order valence-corrected chi connectivity index (χ2v) is 9.06. The molecule has 1 aromatic carbocycles. The Morgan fingerprint density at radius 3 is 2.65 bits per heavy atom. The normalized spacial score (nSPS) is 34.3. The predicted molar refractivity (Wildman–Crippen MR) is 103 cm³/mol. The average molecular weight is 360 g/mol. The number of aromatic hydroxyl groups is 2. The Morgan fingerprint density at radius 1 is 1.23 bits per heavy atom. The molecule has 4 heteroatoms. The summed E-state index contributed by atoms with van der Waals surface area (Å²) in [5.41, 5.74) is 0.546. The van der Waals surface area contributed by atoms with Crippen molar-refractivity contribution in [2.24, 2.45) is 5.92 Å². The van der Waals surface area contributed by atoms with Crippen molar-refractivity contribution in [1.82, 2.24) is 4.90 Å². The van der Waals surface area contributed by atoms with Gasteiger partial charge in [0.1, 0.15) is 0 Å². The first-order valence-electron chi connectivity index (χ1n) is 10.4. The van der Waals surface area contributed by atoms with Gasteiger partial charge < -0.3 is 15.3 Å². The van der Waals surface area contributed by atoms with Gasteiger partial charge in [-0.05, 0) is 63.1 Å². The highest BCUT2D eigenvalue weighted by Gasteiger charge is 2.61. The second-order valence-electron chi connectivity index (χ2n) is 9.06. The molecule has 4 nitrogen and oxygen atoms in total. The highest BCUT2D eigenvalue weighted by atomic mass is 16.3. The highest BCUT2D eigenvalue weighted by Crippen LogP contribution is 2.57. The summed E-state index contributed by atoms with van der Waals surface area (Å²) in [7, 11) is 0. The monoisotopic (exact) mass is 359 g/mol. The maximum atomic E-state index is 11.8. The van der Waals surface area contributed by atoms with Gasteiger partial charge in [-0.3, -0.25) is 4.90 Å². The molecule has 2 bridgehead atoms. The number of hydrogen-bond donors (Lipinski definition) is 3. The fraction of sp³-hybridized carbons (Fsp3) is 0.727.